The molecule has 3 heterocycles. The lowest BCUT2D eigenvalue weighted by Gasteiger charge is -2.47. The Hall–Kier alpha value is -6.46. The predicted octanol–water partition coefficient (Wildman–Crippen LogP) is 18.9. The van der Waals surface area contributed by atoms with Gasteiger partial charge in [-0.2, -0.15) is 0 Å². The molecule has 0 spiro atoms. The molecule has 5 heteroatoms. The summed E-state index contributed by atoms with van der Waals surface area (Å²) in [5, 5.41) is 1.09. The summed E-state index contributed by atoms with van der Waals surface area (Å²) < 4.78 is 32.8. The van der Waals surface area contributed by atoms with Gasteiger partial charge < -0.3 is 19.1 Å². The van der Waals surface area contributed by atoms with Crippen molar-refractivity contribution in [2.24, 2.45) is 0 Å². The van der Waals surface area contributed by atoms with Crippen molar-refractivity contribution in [3.63, 3.8) is 0 Å². The molecule has 0 saturated carbocycles. The third-order valence-corrected chi connectivity index (χ3v) is 18.9. The summed E-state index contributed by atoms with van der Waals surface area (Å²) >= 11 is 0. The highest BCUT2D eigenvalue weighted by atomic mass is 16.3. The van der Waals surface area contributed by atoms with Gasteiger partial charge in [0, 0.05) is 49.3 Å². The molecule has 78 heavy (non-hydrogen) atoms. The lowest BCUT2D eigenvalue weighted by Crippen LogP contribution is -2.61. The summed E-state index contributed by atoms with van der Waals surface area (Å²) in [5.41, 5.74) is 23.0. The Labute approximate surface area is 472 Å². The van der Waals surface area contributed by atoms with E-state index in [1.807, 2.05) is 12.1 Å². The number of anilines is 9. The largest absolute Gasteiger partial charge is 0.468 e. The highest BCUT2D eigenvalue weighted by Crippen LogP contribution is 2.55. The Kier molecular flexibility index (Phi) is 10.8. The van der Waals surface area contributed by atoms with Gasteiger partial charge in [-0.1, -0.05) is 178 Å². The van der Waals surface area contributed by atoms with Crippen molar-refractivity contribution >= 4 is 85.5 Å². The van der Waals surface area contributed by atoms with E-state index in [0.717, 1.165) is 87.8 Å². The van der Waals surface area contributed by atoms with Gasteiger partial charge in [-0.05, 0) is 199 Å². The molecule has 7 aromatic carbocycles. The zero-order valence-corrected chi connectivity index (χ0v) is 49.9. The lowest BCUT2D eigenvalue weighted by molar-refractivity contribution is 0.332. The molecule has 0 saturated heterocycles. The van der Waals surface area contributed by atoms with Gasteiger partial charge in [0.15, 0.2) is 0 Å². The van der Waals surface area contributed by atoms with Gasteiger partial charge in [-0.3, -0.25) is 0 Å². The first-order valence-electron chi connectivity index (χ1n) is 30.5. The van der Waals surface area contributed by atoms with Crippen molar-refractivity contribution in [2.45, 2.75) is 188 Å². The highest BCUT2D eigenvalue weighted by molar-refractivity contribution is 7.00. The topological polar surface area (TPSA) is 22.9 Å². The number of rotatable bonds is 5. The summed E-state index contributed by atoms with van der Waals surface area (Å²) in [5.74, 6) is 0. The third kappa shape index (κ3) is 8.37. The SMILES string of the molecule is [2H]C([2H])([2H])c1ccc(N(c2ccccc2)c2cc3c4c(c2)N(c2cc(C(C)(C)C)cc(C(C)(C)C)c2)c2c(oc5ccc(C(C)(C)C)cc25)B4c2cc4c(cc2N3c2ccc3c(c2)C(C)(C)CCC3(C)C)C(C)(C)CCC4(C)C)cc1. The smallest absolute Gasteiger partial charge is 0.297 e. The van der Waals surface area contributed by atoms with Crippen LogP contribution in [0.1, 0.15) is 192 Å². The van der Waals surface area contributed by atoms with Gasteiger partial charge in [-0.25, -0.2) is 0 Å². The highest BCUT2D eigenvalue weighted by Gasteiger charge is 2.50. The molecule has 12 rings (SSSR count). The summed E-state index contributed by atoms with van der Waals surface area (Å²) in [6.45, 7) is 37.9. The zero-order chi connectivity index (χ0) is 58.1. The Bertz CT molecular complexity index is 3810. The number of benzene rings is 7. The molecule has 1 aromatic heterocycles. The maximum Gasteiger partial charge on any atom is 0.297 e. The van der Waals surface area contributed by atoms with Gasteiger partial charge in [-0.15, -0.1) is 0 Å². The maximum atomic E-state index is 8.40. The van der Waals surface area contributed by atoms with Crippen LogP contribution in [0.4, 0.5) is 51.2 Å². The molecular formula is C73H84BN3O. The lowest BCUT2D eigenvalue weighted by atomic mass is 9.35. The summed E-state index contributed by atoms with van der Waals surface area (Å²) in [6.07, 6.45) is 4.44. The molecule has 0 N–H and O–H groups in total. The molecule has 4 aliphatic rings. The predicted molar refractivity (Wildman–Crippen MR) is 336 cm³/mol. The first-order valence-corrected chi connectivity index (χ1v) is 29.0. The number of para-hydroxylation sites is 1. The minimum absolute atomic E-state index is 0.0336. The normalized spacial score (nSPS) is 18.5. The Morgan fingerprint density at radius 3 is 1.59 bits per heavy atom. The van der Waals surface area contributed by atoms with Crippen molar-refractivity contribution in [3.05, 3.63) is 178 Å². The van der Waals surface area contributed by atoms with Crippen molar-refractivity contribution in [1.82, 2.24) is 0 Å². The molecule has 0 bridgehead atoms. The number of aryl methyl sites for hydroxylation is 1. The van der Waals surface area contributed by atoms with E-state index in [1.165, 1.54) is 55.6 Å². The molecule has 0 atom stereocenters. The molecule has 8 aromatic rings. The Morgan fingerprint density at radius 2 is 1.01 bits per heavy atom. The molecule has 0 amide bonds. The minimum Gasteiger partial charge on any atom is -0.468 e. The molecular weight excluding hydrogens is 946 g/mol. The molecule has 400 valence electrons. The molecule has 0 unspecified atom stereocenters. The van der Waals surface area contributed by atoms with Gasteiger partial charge in [0.2, 0.25) is 0 Å². The van der Waals surface area contributed by atoms with E-state index in [1.54, 1.807) is 12.1 Å². The summed E-state index contributed by atoms with van der Waals surface area (Å²) in [4.78, 5) is 7.52. The number of hydrogen-bond acceptors (Lipinski definition) is 4. The third-order valence-electron chi connectivity index (χ3n) is 18.9. The quantitative estimate of drug-likeness (QED) is 0.160. The van der Waals surface area contributed by atoms with Crippen LogP contribution < -0.4 is 31.3 Å². The first-order chi connectivity index (χ1) is 37.6. The van der Waals surface area contributed by atoms with Crippen LogP contribution in [0.15, 0.2) is 138 Å². The Morgan fingerprint density at radius 1 is 0.474 bits per heavy atom. The average molecular weight is 1030 g/mol. The van der Waals surface area contributed by atoms with E-state index in [-0.39, 0.29) is 44.6 Å². The van der Waals surface area contributed by atoms with Crippen LogP contribution in [-0.4, -0.2) is 6.71 Å². The van der Waals surface area contributed by atoms with Crippen molar-refractivity contribution in [3.8, 4) is 0 Å². The number of furan rings is 1. The summed E-state index contributed by atoms with van der Waals surface area (Å²) in [6, 6.07) is 49.8. The van der Waals surface area contributed by atoms with Gasteiger partial charge >= 0.3 is 0 Å². The van der Waals surface area contributed by atoms with Crippen molar-refractivity contribution in [1.29, 1.82) is 0 Å². The van der Waals surface area contributed by atoms with Gasteiger partial charge in [0.25, 0.3) is 6.71 Å². The molecule has 4 nitrogen and oxygen atoms in total. The Balaban J connectivity index is 1.28. The van der Waals surface area contributed by atoms with Crippen LogP contribution in [-0.2, 0) is 37.9 Å². The second-order valence-electron chi connectivity index (χ2n) is 29.5. The molecule has 0 radical (unpaired) electrons. The monoisotopic (exact) mass is 1030 g/mol. The summed E-state index contributed by atoms with van der Waals surface area (Å²) in [7, 11) is 0. The molecule has 2 aliphatic carbocycles. The van der Waals surface area contributed by atoms with Gasteiger partial charge in [0.1, 0.15) is 5.58 Å². The second-order valence-corrected chi connectivity index (χ2v) is 29.5. The average Bonchev–Trinajstić information content (AvgIpc) is 2.55. The number of fused-ring (bicyclic) bond motifs is 8. The fourth-order valence-corrected chi connectivity index (χ4v) is 13.6. The van der Waals surface area contributed by atoms with E-state index in [9.17, 15) is 0 Å². The molecule has 0 fully saturated rings. The van der Waals surface area contributed by atoms with E-state index < -0.39 is 6.85 Å². The zero-order valence-electron chi connectivity index (χ0n) is 52.9. The maximum absolute atomic E-state index is 8.40. The second kappa shape index (κ2) is 17.3. The fraction of sp³-hybridized carbons (Fsp3) is 0.397. The standard InChI is InChI=1S/C73H84BN3O/c1-45-24-27-50(28-25-45)75(49-22-20-19-21-23-49)53-41-61-64-62(42-53)77(52-37-47(68(5,6)7)36-48(38-52)69(8,9)10)65-54-39-46(67(2,3)4)26-31-63(54)78-66(65)74(64)59-43-57-58(73(17,18)35-34-72(57,15)16)44-60(59)76(61)51-29-30-55-56(40-51)71(13,14)33-32-70(55,11)12/h19-31,36-44H,32-35H2,1-18H3/i1D3. The number of hydrogen-bond donors (Lipinski definition) is 0. The fourth-order valence-electron chi connectivity index (χ4n) is 13.6. The minimum atomic E-state index is -2.25. The van der Waals surface area contributed by atoms with Crippen LogP contribution in [0.5, 0.6) is 0 Å². The van der Waals surface area contributed by atoms with Gasteiger partial charge in [0.05, 0.1) is 17.0 Å². The number of nitrogens with zero attached hydrogens (tertiary/aromatic N) is 3. The van der Waals surface area contributed by atoms with Crippen molar-refractivity contribution in [2.75, 3.05) is 14.7 Å². The van der Waals surface area contributed by atoms with E-state index in [2.05, 4.69) is 242 Å². The van der Waals surface area contributed by atoms with Crippen LogP contribution in [0, 0.1) is 6.85 Å². The van der Waals surface area contributed by atoms with Crippen molar-refractivity contribution < 1.29 is 8.53 Å². The van der Waals surface area contributed by atoms with E-state index >= 15 is 0 Å². The molecule has 2 aliphatic heterocycles. The van der Waals surface area contributed by atoms with E-state index in [4.69, 9.17) is 8.53 Å². The van der Waals surface area contributed by atoms with Crippen LogP contribution >= 0.6 is 0 Å². The first kappa shape index (κ1) is 48.7. The van der Waals surface area contributed by atoms with E-state index in [0.29, 0.717) is 5.56 Å². The van der Waals surface area contributed by atoms with Crippen LogP contribution in [0.25, 0.3) is 11.0 Å². The van der Waals surface area contributed by atoms with Crippen LogP contribution in [0.2, 0.25) is 0 Å². The van der Waals surface area contributed by atoms with Crippen LogP contribution in [0.3, 0.4) is 0 Å².